The second kappa shape index (κ2) is 11.2. The van der Waals surface area contributed by atoms with Crippen molar-refractivity contribution in [1.82, 2.24) is 15.5 Å². The van der Waals surface area contributed by atoms with Crippen LogP contribution in [-0.4, -0.2) is 41.9 Å². The second-order valence-corrected chi connectivity index (χ2v) is 9.96. The van der Waals surface area contributed by atoms with Crippen LogP contribution in [0.2, 0.25) is 10.0 Å². The number of piperidine rings is 1. The number of halogens is 3. The van der Waals surface area contributed by atoms with Crippen LogP contribution in [0.5, 0.6) is 0 Å². The number of nitrogens with zero attached hydrogens (tertiary/aromatic N) is 1. The molecule has 35 heavy (non-hydrogen) atoms. The summed E-state index contributed by atoms with van der Waals surface area (Å²) in [7, 11) is 0. The molecule has 8 heteroatoms. The lowest BCUT2D eigenvalue weighted by molar-refractivity contribution is -0.138. The zero-order valence-corrected chi connectivity index (χ0v) is 21.5. The van der Waals surface area contributed by atoms with Gasteiger partial charge in [-0.05, 0) is 60.3 Å². The quantitative estimate of drug-likeness (QED) is 0.443. The molecule has 2 amide bonds. The zero-order chi connectivity index (χ0) is 23.7. The molecule has 1 heterocycles. The van der Waals surface area contributed by atoms with Crippen LogP contribution >= 0.6 is 35.6 Å². The van der Waals surface area contributed by atoms with Gasteiger partial charge < -0.3 is 15.5 Å². The molecule has 1 aliphatic heterocycles. The molecule has 184 valence electrons. The summed E-state index contributed by atoms with van der Waals surface area (Å²) in [5.74, 6) is -0.464. The maximum atomic E-state index is 13.8. The first-order valence-corrected chi connectivity index (χ1v) is 12.5. The van der Waals surface area contributed by atoms with Crippen LogP contribution in [0.25, 0.3) is 10.8 Å². The van der Waals surface area contributed by atoms with Crippen molar-refractivity contribution in [3.05, 3.63) is 81.8 Å². The molecule has 0 bridgehead atoms. The smallest absolute Gasteiger partial charge is 0.251 e. The van der Waals surface area contributed by atoms with E-state index < -0.39 is 0 Å². The predicted molar refractivity (Wildman–Crippen MR) is 143 cm³/mol. The molecule has 5 rings (SSSR count). The van der Waals surface area contributed by atoms with Crippen LogP contribution in [0.3, 0.4) is 0 Å². The monoisotopic (exact) mass is 531 g/mol. The Hall–Kier alpha value is -2.31. The van der Waals surface area contributed by atoms with Crippen LogP contribution in [0, 0.1) is 5.92 Å². The molecule has 0 radical (unpaired) electrons. The summed E-state index contributed by atoms with van der Waals surface area (Å²) in [4.78, 5) is 28.8. The molecule has 1 aliphatic carbocycles. The number of carbonyl (C=O) groups excluding carboxylic acids is 2. The zero-order valence-electron chi connectivity index (χ0n) is 19.2. The van der Waals surface area contributed by atoms with E-state index in [2.05, 4.69) is 41.0 Å². The summed E-state index contributed by atoms with van der Waals surface area (Å²) in [5.41, 5.74) is 1.59. The Balaban J connectivity index is 0.00000289. The Bertz CT molecular complexity index is 1230. The first-order valence-electron chi connectivity index (χ1n) is 11.7. The van der Waals surface area contributed by atoms with Gasteiger partial charge in [0.2, 0.25) is 5.91 Å². The highest BCUT2D eigenvalue weighted by Gasteiger charge is 2.40. The standard InChI is InChI=1S/C27H27Cl2N3O2.ClH/c28-23-11-8-18(14-24(23)29)26(33)31-25-12-13-30-15-22(25)27(34)32(20-9-10-20)16-19-6-3-5-17-4-1-2-7-21(17)19;/h1-8,11,14,20,22,25,30H,9-10,12-13,15-16H2,(H,31,33);1H. The number of nitrogens with one attached hydrogen (secondary N) is 2. The molecule has 1 saturated carbocycles. The molecule has 2 atom stereocenters. The van der Waals surface area contributed by atoms with Crippen LogP contribution < -0.4 is 10.6 Å². The van der Waals surface area contributed by atoms with Gasteiger partial charge >= 0.3 is 0 Å². The summed E-state index contributed by atoms with van der Waals surface area (Å²) in [6, 6.07) is 19.4. The molecule has 0 spiro atoms. The fourth-order valence-corrected chi connectivity index (χ4v) is 5.08. The SMILES string of the molecule is Cl.O=C(NC1CCNCC1C(=O)N(Cc1cccc2ccccc12)C1CC1)c1ccc(Cl)c(Cl)c1. The normalized spacial score (nSPS) is 19.6. The highest BCUT2D eigenvalue weighted by molar-refractivity contribution is 6.42. The van der Waals surface area contributed by atoms with E-state index in [9.17, 15) is 9.59 Å². The average Bonchev–Trinajstić information content (AvgIpc) is 3.69. The van der Waals surface area contributed by atoms with Crippen LogP contribution in [0.15, 0.2) is 60.7 Å². The van der Waals surface area contributed by atoms with Crippen molar-refractivity contribution in [1.29, 1.82) is 0 Å². The van der Waals surface area contributed by atoms with Gasteiger partial charge in [0, 0.05) is 30.7 Å². The molecule has 1 saturated heterocycles. The van der Waals surface area contributed by atoms with E-state index in [0.717, 1.165) is 24.9 Å². The predicted octanol–water partition coefficient (Wildman–Crippen LogP) is 5.47. The van der Waals surface area contributed by atoms with Crippen molar-refractivity contribution in [2.75, 3.05) is 13.1 Å². The van der Waals surface area contributed by atoms with E-state index in [4.69, 9.17) is 23.2 Å². The number of benzene rings is 3. The lowest BCUT2D eigenvalue weighted by Gasteiger charge is -2.36. The van der Waals surface area contributed by atoms with E-state index in [-0.39, 0.29) is 42.2 Å². The van der Waals surface area contributed by atoms with E-state index in [1.807, 2.05) is 17.0 Å². The molecule has 2 unspecified atom stereocenters. The van der Waals surface area contributed by atoms with Crippen LogP contribution in [0.4, 0.5) is 0 Å². The van der Waals surface area contributed by atoms with E-state index in [1.165, 1.54) is 10.8 Å². The molecule has 2 N–H and O–H groups in total. The van der Waals surface area contributed by atoms with Gasteiger partial charge in [0.25, 0.3) is 5.91 Å². The number of amides is 2. The van der Waals surface area contributed by atoms with Crippen molar-refractivity contribution in [3.63, 3.8) is 0 Å². The minimum Gasteiger partial charge on any atom is -0.348 e. The molecule has 3 aromatic carbocycles. The summed E-state index contributed by atoms with van der Waals surface area (Å²) >= 11 is 12.1. The van der Waals surface area contributed by atoms with Gasteiger partial charge in [-0.1, -0.05) is 65.7 Å². The van der Waals surface area contributed by atoms with Gasteiger partial charge in [-0.2, -0.15) is 0 Å². The fourth-order valence-electron chi connectivity index (χ4n) is 4.78. The van der Waals surface area contributed by atoms with Gasteiger partial charge in [0.15, 0.2) is 0 Å². The van der Waals surface area contributed by atoms with Gasteiger partial charge in [0.1, 0.15) is 0 Å². The summed E-state index contributed by atoms with van der Waals surface area (Å²) < 4.78 is 0. The second-order valence-electron chi connectivity index (χ2n) is 9.14. The molecule has 5 nitrogen and oxygen atoms in total. The molecular formula is C27H28Cl3N3O2. The third-order valence-electron chi connectivity index (χ3n) is 6.79. The molecule has 2 fully saturated rings. The highest BCUT2D eigenvalue weighted by Crippen LogP contribution is 2.32. The Kier molecular flexibility index (Phi) is 8.23. The van der Waals surface area contributed by atoms with Gasteiger partial charge in [-0.15, -0.1) is 12.4 Å². The lowest BCUT2D eigenvalue weighted by Crippen LogP contribution is -2.55. The van der Waals surface area contributed by atoms with Crippen molar-refractivity contribution < 1.29 is 9.59 Å². The Morgan fingerprint density at radius 3 is 2.51 bits per heavy atom. The van der Waals surface area contributed by atoms with Crippen LogP contribution in [-0.2, 0) is 11.3 Å². The third-order valence-corrected chi connectivity index (χ3v) is 7.53. The lowest BCUT2D eigenvalue weighted by atomic mass is 9.91. The van der Waals surface area contributed by atoms with Crippen LogP contribution in [0.1, 0.15) is 35.2 Å². The van der Waals surface area contributed by atoms with Crippen molar-refractivity contribution >= 4 is 58.2 Å². The van der Waals surface area contributed by atoms with Crippen molar-refractivity contribution in [2.24, 2.45) is 5.92 Å². The fraction of sp³-hybridized carbons (Fsp3) is 0.333. The first-order chi connectivity index (χ1) is 16.5. The number of rotatable bonds is 6. The molecule has 3 aromatic rings. The molecule has 0 aromatic heterocycles. The van der Waals surface area contributed by atoms with Gasteiger partial charge in [0.05, 0.1) is 16.0 Å². The minimum atomic E-state index is -0.323. The number of fused-ring (bicyclic) bond motifs is 1. The van der Waals surface area contributed by atoms with E-state index >= 15 is 0 Å². The number of hydrogen-bond acceptors (Lipinski definition) is 3. The number of hydrogen-bond donors (Lipinski definition) is 2. The minimum absolute atomic E-state index is 0. The largest absolute Gasteiger partial charge is 0.348 e. The Morgan fingerprint density at radius 2 is 1.74 bits per heavy atom. The van der Waals surface area contributed by atoms with E-state index in [1.54, 1.807) is 18.2 Å². The number of carbonyl (C=O) groups is 2. The summed E-state index contributed by atoms with van der Waals surface area (Å²) in [6.45, 7) is 1.88. The van der Waals surface area contributed by atoms with Crippen molar-refractivity contribution in [3.8, 4) is 0 Å². The summed E-state index contributed by atoms with van der Waals surface area (Å²) in [5, 5.41) is 9.53. The van der Waals surface area contributed by atoms with Gasteiger partial charge in [-0.25, -0.2) is 0 Å². The Labute approximate surface area is 221 Å². The van der Waals surface area contributed by atoms with Gasteiger partial charge in [-0.3, -0.25) is 9.59 Å². The van der Waals surface area contributed by atoms with Crippen molar-refractivity contribution in [2.45, 2.75) is 37.9 Å². The first kappa shape index (κ1) is 25.8. The molecular weight excluding hydrogens is 505 g/mol. The third kappa shape index (κ3) is 5.75. The Morgan fingerprint density at radius 1 is 0.971 bits per heavy atom. The highest BCUT2D eigenvalue weighted by atomic mass is 35.5. The maximum Gasteiger partial charge on any atom is 0.251 e. The molecule has 2 aliphatic rings. The van der Waals surface area contributed by atoms with E-state index in [0.29, 0.717) is 35.1 Å². The average molecular weight is 533 g/mol. The maximum absolute atomic E-state index is 13.8. The topological polar surface area (TPSA) is 61.4 Å². The summed E-state index contributed by atoms with van der Waals surface area (Å²) in [6.07, 6.45) is 2.74.